The molecule has 1 unspecified atom stereocenters. The molecular formula is C23H27N3O4. The zero-order chi connectivity index (χ0) is 21.5. The summed E-state index contributed by atoms with van der Waals surface area (Å²) in [5.74, 6) is -0.149. The molecule has 1 atom stereocenters. The van der Waals surface area contributed by atoms with Crippen LogP contribution >= 0.6 is 0 Å². The van der Waals surface area contributed by atoms with Gasteiger partial charge in [0.15, 0.2) is 0 Å². The van der Waals surface area contributed by atoms with Crippen molar-refractivity contribution < 1.29 is 19.1 Å². The van der Waals surface area contributed by atoms with E-state index in [0.29, 0.717) is 18.0 Å². The molecule has 0 aromatic heterocycles. The maximum absolute atomic E-state index is 13.2. The molecule has 0 saturated carbocycles. The largest absolute Gasteiger partial charge is 0.491 e. The van der Waals surface area contributed by atoms with Crippen molar-refractivity contribution in [2.45, 2.75) is 39.7 Å². The summed E-state index contributed by atoms with van der Waals surface area (Å²) >= 11 is 0. The van der Waals surface area contributed by atoms with Crippen molar-refractivity contribution in [1.82, 2.24) is 0 Å². The van der Waals surface area contributed by atoms with E-state index in [1.807, 2.05) is 62.4 Å². The van der Waals surface area contributed by atoms with E-state index in [4.69, 9.17) is 9.47 Å². The second-order valence-corrected chi connectivity index (χ2v) is 7.00. The van der Waals surface area contributed by atoms with E-state index in [0.717, 1.165) is 17.7 Å². The van der Waals surface area contributed by atoms with Gasteiger partial charge in [0.05, 0.1) is 24.6 Å². The second kappa shape index (κ2) is 9.91. The number of amides is 1. The third-order valence-corrected chi connectivity index (χ3v) is 4.60. The maximum Gasteiger partial charge on any atom is 0.354 e. The van der Waals surface area contributed by atoms with Gasteiger partial charge in [-0.2, -0.15) is 5.10 Å². The zero-order valence-corrected chi connectivity index (χ0v) is 17.6. The molecule has 0 fully saturated rings. The Kier molecular flexibility index (Phi) is 7.06. The number of nitrogens with zero attached hydrogens (tertiary/aromatic N) is 2. The number of rotatable bonds is 8. The molecule has 0 saturated heterocycles. The van der Waals surface area contributed by atoms with E-state index in [9.17, 15) is 9.59 Å². The highest BCUT2D eigenvalue weighted by atomic mass is 16.5. The number of hydrogen-bond acceptors (Lipinski definition) is 6. The lowest BCUT2D eigenvalue weighted by molar-refractivity contribution is -0.135. The Hall–Kier alpha value is -3.35. The number of para-hydroxylation sites is 1. The SMILES string of the molecule is CCCOc1cc(C)ccc1NC(=O)C1CC(C(=O)OCC)=NN1c1ccccc1. The van der Waals surface area contributed by atoms with Crippen LogP contribution in [0.15, 0.2) is 53.6 Å². The quantitative estimate of drug-likeness (QED) is 0.669. The molecule has 0 aliphatic carbocycles. The van der Waals surface area contributed by atoms with Crippen molar-refractivity contribution in [1.29, 1.82) is 0 Å². The van der Waals surface area contributed by atoms with Gasteiger partial charge in [-0.25, -0.2) is 4.79 Å². The first-order valence-electron chi connectivity index (χ1n) is 10.2. The number of ether oxygens (including phenoxy) is 2. The minimum Gasteiger partial charge on any atom is -0.491 e. The molecule has 1 aliphatic rings. The molecule has 30 heavy (non-hydrogen) atoms. The van der Waals surface area contributed by atoms with Gasteiger partial charge in [-0.3, -0.25) is 9.80 Å². The van der Waals surface area contributed by atoms with E-state index in [1.54, 1.807) is 11.9 Å². The molecule has 1 amide bonds. The highest BCUT2D eigenvalue weighted by Gasteiger charge is 2.37. The lowest BCUT2D eigenvalue weighted by Crippen LogP contribution is -2.39. The lowest BCUT2D eigenvalue weighted by Gasteiger charge is -2.23. The third kappa shape index (κ3) is 4.97. The number of hydrazone groups is 1. The zero-order valence-electron chi connectivity index (χ0n) is 17.6. The summed E-state index contributed by atoms with van der Waals surface area (Å²) in [6.07, 6.45) is 1.03. The molecule has 2 aromatic rings. The van der Waals surface area contributed by atoms with E-state index in [2.05, 4.69) is 10.4 Å². The summed E-state index contributed by atoms with van der Waals surface area (Å²) in [5, 5.41) is 8.91. The number of hydrogen-bond donors (Lipinski definition) is 1. The molecule has 1 N–H and O–H groups in total. The molecular weight excluding hydrogens is 382 g/mol. The molecule has 1 heterocycles. The Bertz CT molecular complexity index is 927. The van der Waals surface area contributed by atoms with Crippen LogP contribution in [-0.4, -0.2) is 36.8 Å². The van der Waals surface area contributed by atoms with Crippen molar-refractivity contribution in [2.24, 2.45) is 5.10 Å². The number of carbonyl (C=O) groups is 2. The van der Waals surface area contributed by atoms with Crippen LogP contribution in [0.5, 0.6) is 5.75 Å². The lowest BCUT2D eigenvalue weighted by atomic mass is 10.1. The summed E-state index contributed by atoms with van der Waals surface area (Å²) in [6.45, 7) is 6.54. The predicted molar refractivity (Wildman–Crippen MR) is 117 cm³/mol. The fourth-order valence-electron chi connectivity index (χ4n) is 3.15. The smallest absolute Gasteiger partial charge is 0.354 e. The van der Waals surface area contributed by atoms with Gasteiger partial charge in [-0.05, 0) is 50.1 Å². The van der Waals surface area contributed by atoms with Crippen LogP contribution in [0.2, 0.25) is 0 Å². The molecule has 158 valence electrons. The molecule has 2 aromatic carbocycles. The van der Waals surface area contributed by atoms with Crippen LogP contribution in [0.3, 0.4) is 0 Å². The summed E-state index contributed by atoms with van der Waals surface area (Å²) < 4.78 is 10.9. The molecule has 1 aliphatic heterocycles. The van der Waals surface area contributed by atoms with E-state index in [-0.39, 0.29) is 24.6 Å². The van der Waals surface area contributed by atoms with Gasteiger partial charge >= 0.3 is 5.97 Å². The number of carbonyl (C=O) groups excluding carboxylic acids is 2. The number of esters is 1. The van der Waals surface area contributed by atoms with Crippen LogP contribution in [0, 0.1) is 6.92 Å². The Labute approximate surface area is 176 Å². The first-order chi connectivity index (χ1) is 14.5. The van der Waals surface area contributed by atoms with Gasteiger partial charge in [-0.15, -0.1) is 0 Å². The first kappa shape index (κ1) is 21.4. The Morgan fingerprint density at radius 2 is 1.93 bits per heavy atom. The van der Waals surface area contributed by atoms with Crippen molar-refractivity contribution in [3.8, 4) is 5.75 Å². The minimum absolute atomic E-state index is 0.163. The Balaban J connectivity index is 1.84. The maximum atomic E-state index is 13.2. The van der Waals surface area contributed by atoms with Gasteiger partial charge in [0.25, 0.3) is 0 Å². The number of benzene rings is 2. The van der Waals surface area contributed by atoms with E-state index >= 15 is 0 Å². The Morgan fingerprint density at radius 3 is 2.63 bits per heavy atom. The normalized spacial score (nSPS) is 15.5. The molecule has 0 radical (unpaired) electrons. The van der Waals surface area contributed by atoms with Gasteiger partial charge in [0, 0.05) is 6.42 Å². The summed E-state index contributed by atoms with van der Waals surface area (Å²) in [6, 6.07) is 14.3. The van der Waals surface area contributed by atoms with E-state index in [1.165, 1.54) is 0 Å². The monoisotopic (exact) mass is 409 g/mol. The average molecular weight is 409 g/mol. The first-order valence-corrected chi connectivity index (χ1v) is 10.2. The topological polar surface area (TPSA) is 80.2 Å². The minimum atomic E-state index is -0.674. The molecule has 7 nitrogen and oxygen atoms in total. The highest BCUT2D eigenvalue weighted by molar-refractivity contribution is 6.38. The van der Waals surface area contributed by atoms with Gasteiger partial charge < -0.3 is 14.8 Å². The van der Waals surface area contributed by atoms with Crippen molar-refractivity contribution in [2.75, 3.05) is 23.5 Å². The van der Waals surface area contributed by atoms with Gasteiger partial charge in [-0.1, -0.05) is 31.2 Å². The van der Waals surface area contributed by atoms with Gasteiger partial charge in [0.2, 0.25) is 5.91 Å². The highest BCUT2D eigenvalue weighted by Crippen LogP contribution is 2.29. The van der Waals surface area contributed by atoms with Crippen molar-refractivity contribution in [3.63, 3.8) is 0 Å². The second-order valence-electron chi connectivity index (χ2n) is 7.00. The van der Waals surface area contributed by atoms with E-state index < -0.39 is 12.0 Å². The van der Waals surface area contributed by atoms with Crippen LogP contribution < -0.4 is 15.1 Å². The van der Waals surface area contributed by atoms with Crippen molar-refractivity contribution in [3.05, 3.63) is 54.1 Å². The van der Waals surface area contributed by atoms with Crippen LogP contribution in [0.25, 0.3) is 0 Å². The summed E-state index contributed by atoms with van der Waals surface area (Å²) in [5.41, 5.74) is 2.59. The fourth-order valence-corrected chi connectivity index (χ4v) is 3.15. The van der Waals surface area contributed by atoms with Crippen LogP contribution in [-0.2, 0) is 14.3 Å². The number of aryl methyl sites for hydroxylation is 1. The van der Waals surface area contributed by atoms with Gasteiger partial charge in [0.1, 0.15) is 17.5 Å². The number of nitrogens with one attached hydrogen (secondary N) is 1. The average Bonchev–Trinajstić information content (AvgIpc) is 3.20. The molecule has 7 heteroatoms. The third-order valence-electron chi connectivity index (χ3n) is 4.60. The number of anilines is 2. The Morgan fingerprint density at radius 1 is 1.17 bits per heavy atom. The predicted octanol–water partition coefficient (Wildman–Crippen LogP) is 3.92. The molecule has 0 spiro atoms. The van der Waals surface area contributed by atoms with Crippen molar-refractivity contribution >= 4 is 29.0 Å². The molecule has 0 bridgehead atoms. The molecule has 3 rings (SSSR count). The van der Waals surface area contributed by atoms with Crippen LogP contribution in [0.1, 0.15) is 32.3 Å². The fraction of sp³-hybridized carbons (Fsp3) is 0.348. The summed E-state index contributed by atoms with van der Waals surface area (Å²) in [7, 11) is 0. The van der Waals surface area contributed by atoms with Crippen LogP contribution in [0.4, 0.5) is 11.4 Å². The standard InChI is InChI=1S/C23H27N3O4/c1-4-13-30-21-14-16(3)11-12-18(21)24-22(27)20-15-19(23(28)29-5-2)25-26(20)17-9-7-6-8-10-17/h6-12,14,20H,4-5,13,15H2,1-3H3,(H,24,27). The summed E-state index contributed by atoms with van der Waals surface area (Å²) in [4.78, 5) is 25.4.